The van der Waals surface area contributed by atoms with Gasteiger partial charge in [0.1, 0.15) is 5.75 Å². The Morgan fingerprint density at radius 2 is 2.00 bits per heavy atom. The molecule has 1 aromatic carbocycles. The lowest BCUT2D eigenvalue weighted by atomic mass is 9.93. The van der Waals surface area contributed by atoms with E-state index in [1.165, 1.54) is 7.11 Å². The number of methoxy groups -OCH3 is 2. The highest BCUT2D eigenvalue weighted by molar-refractivity contribution is 5.87. The molecule has 3 nitrogen and oxygen atoms in total. The largest absolute Gasteiger partial charge is 0.496 e. The average molecular weight is 246 g/mol. The van der Waals surface area contributed by atoms with Gasteiger partial charge in [0.2, 0.25) is 0 Å². The normalized spacial score (nSPS) is 15.9. The van der Waals surface area contributed by atoms with E-state index >= 15 is 0 Å². The summed E-state index contributed by atoms with van der Waals surface area (Å²) in [6, 6.07) is 5.86. The molecule has 3 heteroatoms. The molecule has 0 heterocycles. The summed E-state index contributed by atoms with van der Waals surface area (Å²) in [6.07, 6.45) is 1.64. The molecule has 1 aliphatic rings. The molecule has 96 valence electrons. The fraction of sp³-hybridized carbons (Fsp3) is 0.400. The van der Waals surface area contributed by atoms with Crippen molar-refractivity contribution in [1.29, 1.82) is 0 Å². The summed E-state index contributed by atoms with van der Waals surface area (Å²) in [4.78, 5) is 11.9. The lowest BCUT2D eigenvalue weighted by molar-refractivity contribution is -0.143. The number of carbonyl (C=O) groups excluding carboxylic acids is 1. The van der Waals surface area contributed by atoms with E-state index in [2.05, 4.69) is 6.58 Å². The molecular formula is C15H18O3. The first-order valence-corrected chi connectivity index (χ1v) is 5.98. The number of esters is 1. The summed E-state index contributed by atoms with van der Waals surface area (Å²) in [5.41, 5.74) is 2.43. The number of hydrogen-bond donors (Lipinski definition) is 0. The van der Waals surface area contributed by atoms with Gasteiger partial charge in [-0.25, -0.2) is 0 Å². The predicted octanol–water partition coefficient (Wildman–Crippen LogP) is 2.93. The summed E-state index contributed by atoms with van der Waals surface area (Å²) in [5, 5.41) is 0. The minimum atomic E-state index is -0.492. The number of hydrogen-bond acceptors (Lipinski definition) is 3. The zero-order chi connectivity index (χ0) is 13.3. The number of carbonyl (C=O) groups is 1. The van der Waals surface area contributed by atoms with Gasteiger partial charge in [-0.05, 0) is 31.4 Å². The van der Waals surface area contributed by atoms with Gasteiger partial charge in [-0.1, -0.05) is 24.3 Å². The standard InChI is InChI=1S/C15H18O3/c1-10(2)11-5-6-12(13(9-11)17-3)15(7-8-15)14(16)18-4/h5-6,9H,1,7-8H2,2-4H3. The van der Waals surface area contributed by atoms with Crippen LogP contribution < -0.4 is 4.74 Å². The van der Waals surface area contributed by atoms with Crippen molar-refractivity contribution in [1.82, 2.24) is 0 Å². The molecule has 0 N–H and O–H groups in total. The molecule has 1 aromatic rings. The molecule has 1 aliphatic carbocycles. The van der Waals surface area contributed by atoms with Crippen LogP contribution in [0.15, 0.2) is 24.8 Å². The molecule has 0 unspecified atom stereocenters. The second kappa shape index (κ2) is 4.48. The van der Waals surface area contributed by atoms with Gasteiger partial charge in [0.05, 0.1) is 19.6 Å². The Kier molecular flexibility index (Phi) is 3.16. The highest BCUT2D eigenvalue weighted by atomic mass is 16.5. The first kappa shape index (κ1) is 12.7. The van der Waals surface area contributed by atoms with E-state index in [4.69, 9.17) is 9.47 Å². The van der Waals surface area contributed by atoms with E-state index < -0.39 is 5.41 Å². The molecule has 18 heavy (non-hydrogen) atoms. The Morgan fingerprint density at radius 1 is 1.33 bits per heavy atom. The molecule has 0 atom stereocenters. The number of benzene rings is 1. The molecule has 0 saturated heterocycles. The third-order valence-electron chi connectivity index (χ3n) is 3.54. The Bertz CT molecular complexity index is 498. The van der Waals surface area contributed by atoms with Crippen LogP contribution in [-0.4, -0.2) is 20.2 Å². The van der Waals surface area contributed by atoms with E-state index in [1.54, 1.807) is 7.11 Å². The van der Waals surface area contributed by atoms with E-state index in [1.807, 2.05) is 25.1 Å². The van der Waals surface area contributed by atoms with Crippen LogP contribution in [0.5, 0.6) is 5.75 Å². The van der Waals surface area contributed by atoms with Gasteiger partial charge >= 0.3 is 5.97 Å². The Labute approximate surface area is 107 Å². The Balaban J connectivity index is 2.46. The summed E-state index contributed by atoms with van der Waals surface area (Å²) >= 11 is 0. The van der Waals surface area contributed by atoms with Gasteiger partial charge < -0.3 is 9.47 Å². The fourth-order valence-electron chi connectivity index (χ4n) is 2.26. The van der Waals surface area contributed by atoms with Gasteiger partial charge in [-0.2, -0.15) is 0 Å². The Hall–Kier alpha value is -1.77. The quantitative estimate of drug-likeness (QED) is 0.766. The number of rotatable bonds is 4. The van der Waals surface area contributed by atoms with Crippen LogP contribution in [-0.2, 0) is 14.9 Å². The SMILES string of the molecule is C=C(C)c1ccc(C2(C(=O)OC)CC2)c(OC)c1. The molecule has 1 saturated carbocycles. The van der Waals surface area contributed by atoms with Crippen molar-refractivity contribution in [3.05, 3.63) is 35.9 Å². The van der Waals surface area contributed by atoms with Crippen molar-refractivity contribution in [3.8, 4) is 5.75 Å². The summed E-state index contributed by atoms with van der Waals surface area (Å²) in [6.45, 7) is 5.86. The Morgan fingerprint density at radius 3 is 2.44 bits per heavy atom. The molecule has 0 aromatic heterocycles. The second-order valence-electron chi connectivity index (χ2n) is 4.77. The van der Waals surface area contributed by atoms with Crippen LogP contribution in [0.1, 0.15) is 30.9 Å². The van der Waals surface area contributed by atoms with Crippen molar-refractivity contribution in [2.24, 2.45) is 0 Å². The van der Waals surface area contributed by atoms with Crippen molar-refractivity contribution in [2.45, 2.75) is 25.2 Å². The van der Waals surface area contributed by atoms with Crippen LogP contribution in [0.3, 0.4) is 0 Å². The van der Waals surface area contributed by atoms with Crippen LogP contribution in [0, 0.1) is 0 Å². The van der Waals surface area contributed by atoms with Crippen molar-refractivity contribution in [2.75, 3.05) is 14.2 Å². The maximum absolute atomic E-state index is 11.9. The van der Waals surface area contributed by atoms with Crippen LogP contribution in [0.2, 0.25) is 0 Å². The third-order valence-corrected chi connectivity index (χ3v) is 3.54. The van der Waals surface area contributed by atoms with Gasteiger partial charge in [-0.3, -0.25) is 4.79 Å². The van der Waals surface area contributed by atoms with Gasteiger partial charge in [0.15, 0.2) is 0 Å². The van der Waals surface area contributed by atoms with E-state index in [9.17, 15) is 4.79 Å². The molecule has 1 fully saturated rings. The van der Waals surface area contributed by atoms with Gasteiger partial charge in [-0.15, -0.1) is 0 Å². The maximum atomic E-state index is 11.9. The van der Waals surface area contributed by atoms with E-state index in [-0.39, 0.29) is 5.97 Å². The lowest BCUT2D eigenvalue weighted by Crippen LogP contribution is -2.22. The highest BCUT2D eigenvalue weighted by Crippen LogP contribution is 2.52. The first-order chi connectivity index (χ1) is 8.55. The van der Waals surface area contributed by atoms with Gasteiger partial charge in [0.25, 0.3) is 0 Å². The first-order valence-electron chi connectivity index (χ1n) is 5.98. The molecule has 0 radical (unpaired) electrons. The average Bonchev–Trinajstić information content (AvgIpc) is 3.18. The third kappa shape index (κ3) is 1.90. The zero-order valence-electron chi connectivity index (χ0n) is 11.1. The van der Waals surface area contributed by atoms with Crippen molar-refractivity contribution < 1.29 is 14.3 Å². The topological polar surface area (TPSA) is 35.5 Å². The van der Waals surface area contributed by atoms with E-state index in [0.717, 1.165) is 35.3 Å². The molecule has 0 amide bonds. The fourth-order valence-corrected chi connectivity index (χ4v) is 2.26. The molecule has 0 bridgehead atoms. The summed E-state index contributed by atoms with van der Waals surface area (Å²) < 4.78 is 10.3. The van der Waals surface area contributed by atoms with Gasteiger partial charge in [0, 0.05) is 5.56 Å². The minimum Gasteiger partial charge on any atom is -0.496 e. The van der Waals surface area contributed by atoms with Crippen LogP contribution in [0.25, 0.3) is 5.57 Å². The summed E-state index contributed by atoms with van der Waals surface area (Å²) in [7, 11) is 3.05. The van der Waals surface area contributed by atoms with Crippen LogP contribution in [0.4, 0.5) is 0 Å². The van der Waals surface area contributed by atoms with E-state index in [0.29, 0.717) is 0 Å². The predicted molar refractivity (Wildman–Crippen MR) is 70.6 cm³/mol. The monoisotopic (exact) mass is 246 g/mol. The van der Waals surface area contributed by atoms with Crippen molar-refractivity contribution >= 4 is 11.5 Å². The van der Waals surface area contributed by atoms with Crippen molar-refractivity contribution in [3.63, 3.8) is 0 Å². The second-order valence-corrected chi connectivity index (χ2v) is 4.77. The number of allylic oxidation sites excluding steroid dienone is 1. The molecule has 0 spiro atoms. The molecule has 0 aliphatic heterocycles. The van der Waals surface area contributed by atoms with Crippen LogP contribution >= 0.6 is 0 Å². The minimum absolute atomic E-state index is 0.177. The lowest BCUT2D eigenvalue weighted by Gasteiger charge is -2.17. The highest BCUT2D eigenvalue weighted by Gasteiger charge is 2.54. The molecular weight excluding hydrogens is 228 g/mol. The smallest absolute Gasteiger partial charge is 0.316 e. The zero-order valence-corrected chi connectivity index (χ0v) is 11.1. The number of ether oxygens (including phenoxy) is 2. The maximum Gasteiger partial charge on any atom is 0.316 e. The summed E-state index contributed by atoms with van der Waals surface area (Å²) in [5.74, 6) is 0.558. The molecule has 2 rings (SSSR count).